The second-order valence-electron chi connectivity index (χ2n) is 7.92. The summed E-state index contributed by atoms with van der Waals surface area (Å²) in [6, 6.07) is 6.57. The SMILES string of the molecule is CC(C)CCN(C(=O)c1csnn1)[C@@H](C(=O)NC1CCCC1)c1ccc(Cl)cc1. The number of hydrogen-bond donors (Lipinski definition) is 1. The van der Waals surface area contributed by atoms with Gasteiger partial charge in [0.15, 0.2) is 5.69 Å². The molecule has 1 fully saturated rings. The van der Waals surface area contributed by atoms with Gasteiger partial charge in [-0.05, 0) is 54.4 Å². The number of benzene rings is 1. The molecule has 156 valence electrons. The minimum absolute atomic E-state index is 0.153. The third kappa shape index (κ3) is 5.76. The predicted molar refractivity (Wildman–Crippen MR) is 115 cm³/mol. The molecule has 6 nitrogen and oxygen atoms in total. The summed E-state index contributed by atoms with van der Waals surface area (Å²) in [5.41, 5.74) is 1.01. The Morgan fingerprint density at radius 3 is 2.52 bits per heavy atom. The van der Waals surface area contributed by atoms with Gasteiger partial charge < -0.3 is 10.2 Å². The molecule has 8 heteroatoms. The van der Waals surface area contributed by atoms with Crippen LogP contribution in [-0.2, 0) is 4.79 Å². The molecule has 0 unspecified atom stereocenters. The van der Waals surface area contributed by atoms with Crippen LogP contribution in [0.15, 0.2) is 29.6 Å². The van der Waals surface area contributed by atoms with Gasteiger partial charge in [0.1, 0.15) is 6.04 Å². The molecule has 1 N–H and O–H groups in total. The number of halogens is 1. The smallest absolute Gasteiger partial charge is 0.276 e. The number of amides is 2. The van der Waals surface area contributed by atoms with Gasteiger partial charge in [0.25, 0.3) is 5.91 Å². The Morgan fingerprint density at radius 1 is 1.24 bits per heavy atom. The van der Waals surface area contributed by atoms with E-state index in [1.54, 1.807) is 22.4 Å². The van der Waals surface area contributed by atoms with Crippen LogP contribution in [0.25, 0.3) is 0 Å². The van der Waals surface area contributed by atoms with Gasteiger partial charge in [-0.2, -0.15) is 0 Å². The highest BCUT2D eigenvalue weighted by molar-refractivity contribution is 7.03. The molecular formula is C21H27ClN4O2S. The molecule has 3 rings (SSSR count). The molecule has 0 saturated heterocycles. The van der Waals surface area contributed by atoms with E-state index in [0.29, 0.717) is 17.5 Å². The second-order valence-corrected chi connectivity index (χ2v) is 8.96. The molecule has 0 aliphatic heterocycles. The van der Waals surface area contributed by atoms with Crippen LogP contribution in [0.1, 0.15) is 68.0 Å². The van der Waals surface area contributed by atoms with Crippen molar-refractivity contribution in [3.8, 4) is 0 Å². The van der Waals surface area contributed by atoms with Crippen molar-refractivity contribution in [2.24, 2.45) is 5.92 Å². The maximum absolute atomic E-state index is 13.4. The van der Waals surface area contributed by atoms with Gasteiger partial charge in [0.2, 0.25) is 5.91 Å². The van der Waals surface area contributed by atoms with Gasteiger partial charge in [0, 0.05) is 23.0 Å². The zero-order valence-corrected chi connectivity index (χ0v) is 18.4. The summed E-state index contributed by atoms with van der Waals surface area (Å²) in [4.78, 5) is 28.3. The molecule has 2 aromatic rings. The summed E-state index contributed by atoms with van der Waals surface area (Å²) >= 11 is 7.19. The summed E-state index contributed by atoms with van der Waals surface area (Å²) in [6.07, 6.45) is 4.99. The van der Waals surface area contributed by atoms with Crippen molar-refractivity contribution in [2.45, 2.75) is 58.0 Å². The first-order valence-electron chi connectivity index (χ1n) is 10.1. The van der Waals surface area contributed by atoms with Crippen LogP contribution in [0.5, 0.6) is 0 Å². The lowest BCUT2D eigenvalue weighted by atomic mass is 10.0. The number of aromatic nitrogens is 2. The van der Waals surface area contributed by atoms with Crippen LogP contribution in [0.2, 0.25) is 5.02 Å². The van der Waals surface area contributed by atoms with Gasteiger partial charge in [-0.15, -0.1) is 5.10 Å². The fourth-order valence-electron chi connectivity index (χ4n) is 3.62. The Hall–Kier alpha value is -1.99. The monoisotopic (exact) mass is 434 g/mol. The fraction of sp³-hybridized carbons (Fsp3) is 0.524. The van der Waals surface area contributed by atoms with E-state index in [1.807, 2.05) is 12.1 Å². The lowest BCUT2D eigenvalue weighted by molar-refractivity contribution is -0.126. The Morgan fingerprint density at radius 2 is 1.93 bits per heavy atom. The van der Waals surface area contributed by atoms with Crippen LogP contribution >= 0.6 is 23.1 Å². The summed E-state index contributed by atoms with van der Waals surface area (Å²) in [5, 5.41) is 9.32. The van der Waals surface area contributed by atoms with E-state index in [4.69, 9.17) is 11.6 Å². The zero-order chi connectivity index (χ0) is 20.8. The van der Waals surface area contributed by atoms with Crippen LogP contribution in [0.3, 0.4) is 0 Å². The van der Waals surface area contributed by atoms with E-state index in [1.165, 1.54) is 0 Å². The highest BCUT2D eigenvalue weighted by atomic mass is 35.5. The molecule has 0 spiro atoms. The lowest BCUT2D eigenvalue weighted by Crippen LogP contribution is -2.46. The Balaban J connectivity index is 1.94. The van der Waals surface area contributed by atoms with Crippen molar-refractivity contribution in [3.63, 3.8) is 0 Å². The molecule has 1 saturated carbocycles. The molecule has 1 aliphatic rings. The average molecular weight is 435 g/mol. The Bertz CT molecular complexity index is 805. The van der Waals surface area contributed by atoms with Crippen molar-refractivity contribution in [2.75, 3.05) is 6.54 Å². The van der Waals surface area contributed by atoms with E-state index >= 15 is 0 Å². The summed E-state index contributed by atoms with van der Waals surface area (Å²) < 4.78 is 3.82. The van der Waals surface area contributed by atoms with Crippen LogP contribution < -0.4 is 5.32 Å². The van der Waals surface area contributed by atoms with Gasteiger partial charge in [-0.25, -0.2) is 0 Å². The third-order valence-electron chi connectivity index (χ3n) is 5.23. The maximum atomic E-state index is 13.4. The molecule has 0 radical (unpaired) electrons. The molecule has 29 heavy (non-hydrogen) atoms. The van der Waals surface area contributed by atoms with Gasteiger partial charge in [-0.3, -0.25) is 9.59 Å². The minimum atomic E-state index is -0.735. The fourth-order valence-corrected chi connectivity index (χ4v) is 4.17. The number of carbonyl (C=O) groups is 2. The number of hydrogen-bond acceptors (Lipinski definition) is 5. The quantitative estimate of drug-likeness (QED) is 0.664. The molecular weight excluding hydrogens is 408 g/mol. The van der Waals surface area contributed by atoms with Gasteiger partial charge in [-0.1, -0.05) is 54.9 Å². The van der Waals surface area contributed by atoms with Crippen LogP contribution in [0.4, 0.5) is 0 Å². The first-order chi connectivity index (χ1) is 14.0. The molecule has 0 bridgehead atoms. The second kappa shape index (κ2) is 10.2. The highest BCUT2D eigenvalue weighted by Gasteiger charge is 2.34. The summed E-state index contributed by atoms with van der Waals surface area (Å²) in [6.45, 7) is 4.66. The topological polar surface area (TPSA) is 75.2 Å². The zero-order valence-electron chi connectivity index (χ0n) is 16.8. The first-order valence-corrected chi connectivity index (χ1v) is 11.3. The van der Waals surface area contributed by atoms with E-state index in [9.17, 15) is 9.59 Å². The maximum Gasteiger partial charge on any atom is 0.276 e. The minimum Gasteiger partial charge on any atom is -0.351 e. The molecule has 1 aromatic heterocycles. The molecule has 1 heterocycles. The number of nitrogens with zero attached hydrogens (tertiary/aromatic N) is 3. The van der Waals surface area contributed by atoms with Crippen molar-refractivity contribution in [1.82, 2.24) is 19.8 Å². The third-order valence-corrected chi connectivity index (χ3v) is 5.99. The normalized spacial score (nSPS) is 15.4. The van der Waals surface area contributed by atoms with E-state index in [-0.39, 0.29) is 23.6 Å². The van der Waals surface area contributed by atoms with Gasteiger partial charge >= 0.3 is 0 Å². The van der Waals surface area contributed by atoms with Crippen LogP contribution in [0, 0.1) is 5.92 Å². The van der Waals surface area contributed by atoms with E-state index < -0.39 is 6.04 Å². The van der Waals surface area contributed by atoms with E-state index in [0.717, 1.165) is 49.2 Å². The number of carbonyl (C=O) groups excluding carboxylic acids is 2. The van der Waals surface area contributed by atoms with Crippen molar-refractivity contribution >= 4 is 34.9 Å². The standard InChI is InChI=1S/C21H27ClN4O2S/c1-14(2)11-12-26(21(28)18-13-29-25-24-18)19(15-7-9-16(22)10-8-15)20(27)23-17-5-3-4-6-17/h7-10,13-14,17,19H,3-6,11-12H2,1-2H3,(H,23,27)/t19-/m1/s1. The molecule has 1 aliphatic carbocycles. The first kappa shape index (κ1) is 21.7. The lowest BCUT2D eigenvalue weighted by Gasteiger charge is -2.32. The van der Waals surface area contributed by atoms with Crippen molar-refractivity contribution in [1.29, 1.82) is 0 Å². The van der Waals surface area contributed by atoms with E-state index in [2.05, 4.69) is 28.8 Å². The highest BCUT2D eigenvalue weighted by Crippen LogP contribution is 2.27. The molecule has 2 amide bonds. The Labute approximate surface area is 180 Å². The predicted octanol–water partition coefficient (Wildman–Crippen LogP) is 4.48. The summed E-state index contributed by atoms with van der Waals surface area (Å²) in [5.74, 6) is -0.0388. The van der Waals surface area contributed by atoms with Crippen molar-refractivity contribution in [3.05, 3.63) is 45.9 Å². The number of rotatable bonds is 8. The number of nitrogens with one attached hydrogen (secondary N) is 1. The molecule has 1 aromatic carbocycles. The average Bonchev–Trinajstić information content (AvgIpc) is 3.39. The molecule has 1 atom stereocenters. The summed E-state index contributed by atoms with van der Waals surface area (Å²) in [7, 11) is 0. The van der Waals surface area contributed by atoms with Crippen molar-refractivity contribution < 1.29 is 9.59 Å². The van der Waals surface area contributed by atoms with Gasteiger partial charge in [0.05, 0.1) is 0 Å². The van der Waals surface area contributed by atoms with Crippen LogP contribution in [-0.4, -0.2) is 38.9 Å². The Kier molecular flexibility index (Phi) is 7.61. The largest absolute Gasteiger partial charge is 0.351 e.